The molecule has 0 amide bonds. The van der Waals surface area contributed by atoms with Crippen LogP contribution >= 0.6 is 0 Å². The number of ether oxygens (including phenoxy) is 1. The summed E-state index contributed by atoms with van der Waals surface area (Å²) in [7, 11) is -1.12. The van der Waals surface area contributed by atoms with Crippen LogP contribution in [0, 0.1) is 11.8 Å². The van der Waals surface area contributed by atoms with E-state index in [1.165, 1.54) is 18.4 Å². The first-order valence-electron chi connectivity index (χ1n) is 9.03. The number of hydrogen-bond acceptors (Lipinski definition) is 2. The van der Waals surface area contributed by atoms with Crippen LogP contribution in [0.15, 0.2) is 34.7 Å². The molecule has 0 spiro atoms. The Morgan fingerprint density at radius 2 is 1.83 bits per heavy atom. The number of rotatable bonds is 7. The SMILES string of the molecule is CC(C)(C)[S@@](=O)N=CC1CCC(CCOCc2ccccc2)CC1. The van der Waals surface area contributed by atoms with Crippen LogP contribution in [-0.4, -0.2) is 21.8 Å². The van der Waals surface area contributed by atoms with Crippen LogP contribution in [0.2, 0.25) is 0 Å². The van der Waals surface area contributed by atoms with Gasteiger partial charge in [-0.25, -0.2) is 4.21 Å². The van der Waals surface area contributed by atoms with Crippen molar-refractivity contribution in [3.05, 3.63) is 35.9 Å². The van der Waals surface area contributed by atoms with Crippen LogP contribution in [0.1, 0.15) is 58.4 Å². The first-order chi connectivity index (χ1) is 11.4. The van der Waals surface area contributed by atoms with Crippen molar-refractivity contribution in [3.63, 3.8) is 0 Å². The number of benzene rings is 1. The molecule has 0 radical (unpaired) electrons. The van der Waals surface area contributed by atoms with Gasteiger partial charge in [0.1, 0.15) is 11.0 Å². The van der Waals surface area contributed by atoms with Gasteiger partial charge in [0.25, 0.3) is 0 Å². The highest BCUT2D eigenvalue weighted by Crippen LogP contribution is 2.30. The van der Waals surface area contributed by atoms with E-state index in [9.17, 15) is 4.21 Å². The minimum Gasteiger partial charge on any atom is -0.377 e. The first kappa shape index (κ1) is 19.3. The molecular weight excluding hydrogens is 318 g/mol. The van der Waals surface area contributed by atoms with E-state index in [4.69, 9.17) is 4.74 Å². The minimum atomic E-state index is -1.12. The van der Waals surface area contributed by atoms with E-state index in [0.717, 1.165) is 31.8 Å². The lowest BCUT2D eigenvalue weighted by molar-refractivity contribution is 0.100. The summed E-state index contributed by atoms with van der Waals surface area (Å²) in [6.45, 7) is 7.44. The van der Waals surface area contributed by atoms with Crippen molar-refractivity contribution in [1.29, 1.82) is 0 Å². The van der Waals surface area contributed by atoms with Crippen LogP contribution < -0.4 is 0 Å². The Balaban J connectivity index is 1.61. The Hall–Kier alpha value is -1.00. The third-order valence-electron chi connectivity index (χ3n) is 4.56. The molecule has 0 unspecified atom stereocenters. The van der Waals surface area contributed by atoms with Gasteiger partial charge in [-0.1, -0.05) is 30.3 Å². The van der Waals surface area contributed by atoms with Crippen molar-refractivity contribution in [3.8, 4) is 0 Å². The van der Waals surface area contributed by atoms with Gasteiger partial charge >= 0.3 is 0 Å². The van der Waals surface area contributed by atoms with Crippen LogP contribution in [0.25, 0.3) is 0 Å². The summed E-state index contributed by atoms with van der Waals surface area (Å²) in [5, 5.41) is 0. The van der Waals surface area contributed by atoms with E-state index in [2.05, 4.69) is 16.5 Å². The van der Waals surface area contributed by atoms with Crippen LogP contribution in [0.3, 0.4) is 0 Å². The predicted octanol–water partition coefficient (Wildman–Crippen LogP) is 4.93. The topological polar surface area (TPSA) is 38.7 Å². The molecule has 0 bridgehead atoms. The molecular formula is C20H31NO2S. The molecule has 1 fully saturated rings. The summed E-state index contributed by atoms with van der Waals surface area (Å²) < 4.78 is 21.8. The maximum atomic E-state index is 12.0. The van der Waals surface area contributed by atoms with Gasteiger partial charge in [0.15, 0.2) is 0 Å². The molecule has 1 aliphatic carbocycles. The van der Waals surface area contributed by atoms with Gasteiger partial charge in [-0.2, -0.15) is 4.40 Å². The minimum absolute atomic E-state index is 0.260. The zero-order valence-electron chi connectivity index (χ0n) is 15.2. The lowest BCUT2D eigenvalue weighted by atomic mass is 9.81. The Labute approximate surface area is 149 Å². The van der Waals surface area contributed by atoms with E-state index in [-0.39, 0.29) is 4.75 Å². The van der Waals surface area contributed by atoms with E-state index in [1.807, 2.05) is 45.2 Å². The fourth-order valence-corrected chi connectivity index (χ4v) is 3.54. The summed E-state index contributed by atoms with van der Waals surface area (Å²) in [6.07, 6.45) is 7.87. The Morgan fingerprint density at radius 1 is 1.17 bits per heavy atom. The summed E-state index contributed by atoms with van der Waals surface area (Å²) in [4.78, 5) is 0. The Bertz CT molecular complexity index is 528. The molecule has 24 heavy (non-hydrogen) atoms. The molecule has 0 heterocycles. The largest absolute Gasteiger partial charge is 0.377 e. The van der Waals surface area contributed by atoms with E-state index >= 15 is 0 Å². The molecule has 1 atom stereocenters. The van der Waals surface area contributed by atoms with Crippen molar-refractivity contribution in [2.24, 2.45) is 16.2 Å². The van der Waals surface area contributed by atoms with Crippen LogP contribution in [0.4, 0.5) is 0 Å². The third kappa shape index (κ3) is 6.86. The fourth-order valence-electron chi connectivity index (χ4n) is 2.94. The van der Waals surface area contributed by atoms with Gasteiger partial charge in [-0.3, -0.25) is 0 Å². The van der Waals surface area contributed by atoms with Gasteiger partial charge in [-0.05, 0) is 70.3 Å². The molecule has 2 rings (SSSR count). The Kier molecular flexibility index (Phi) is 7.63. The molecule has 0 aliphatic heterocycles. The average molecular weight is 350 g/mol. The fraction of sp³-hybridized carbons (Fsp3) is 0.650. The standard InChI is InChI=1S/C20H31NO2S/c1-20(2,3)24(22)21-15-18-11-9-17(10-12-18)13-14-23-16-19-7-5-4-6-8-19/h4-8,15,17-18H,9-14,16H2,1-3H3/t17?,18?,24-/m1/s1. The summed E-state index contributed by atoms with van der Waals surface area (Å²) >= 11 is 0. The maximum Gasteiger partial charge on any atom is 0.144 e. The summed E-state index contributed by atoms with van der Waals surface area (Å²) in [5.41, 5.74) is 1.24. The summed E-state index contributed by atoms with van der Waals surface area (Å²) in [5.74, 6) is 1.26. The van der Waals surface area contributed by atoms with Crippen LogP contribution in [0.5, 0.6) is 0 Å². The summed E-state index contributed by atoms with van der Waals surface area (Å²) in [6, 6.07) is 10.3. The zero-order valence-corrected chi connectivity index (χ0v) is 16.1. The zero-order chi connectivity index (χ0) is 17.4. The molecule has 1 saturated carbocycles. The molecule has 1 aromatic rings. The maximum absolute atomic E-state index is 12.0. The predicted molar refractivity (Wildman–Crippen MR) is 103 cm³/mol. The number of nitrogens with zero attached hydrogens (tertiary/aromatic N) is 1. The van der Waals surface area contributed by atoms with Crippen molar-refractivity contribution in [2.75, 3.05) is 6.61 Å². The highest BCUT2D eigenvalue weighted by Gasteiger charge is 2.22. The second kappa shape index (κ2) is 9.47. The van der Waals surface area contributed by atoms with Gasteiger partial charge in [0, 0.05) is 12.8 Å². The molecule has 3 nitrogen and oxygen atoms in total. The van der Waals surface area contributed by atoms with Gasteiger partial charge < -0.3 is 4.74 Å². The molecule has 0 saturated heterocycles. The quantitative estimate of drug-likeness (QED) is 0.517. The number of hydrogen-bond donors (Lipinski definition) is 0. The van der Waals surface area contributed by atoms with Gasteiger partial charge in [0.05, 0.1) is 11.4 Å². The first-order valence-corrected chi connectivity index (χ1v) is 10.1. The molecule has 0 aromatic heterocycles. The van der Waals surface area contributed by atoms with Gasteiger partial charge in [-0.15, -0.1) is 0 Å². The van der Waals surface area contributed by atoms with Crippen LogP contribution in [-0.2, 0) is 22.3 Å². The van der Waals surface area contributed by atoms with Gasteiger partial charge in [0.2, 0.25) is 0 Å². The highest BCUT2D eigenvalue weighted by atomic mass is 32.2. The molecule has 1 aromatic carbocycles. The monoisotopic (exact) mass is 349 g/mol. The normalized spacial score (nSPS) is 23.5. The lowest BCUT2D eigenvalue weighted by Gasteiger charge is -2.26. The van der Waals surface area contributed by atoms with Crippen molar-refractivity contribution in [1.82, 2.24) is 0 Å². The Morgan fingerprint density at radius 3 is 2.46 bits per heavy atom. The van der Waals surface area contributed by atoms with E-state index in [0.29, 0.717) is 12.5 Å². The smallest absolute Gasteiger partial charge is 0.144 e. The van der Waals surface area contributed by atoms with Crippen molar-refractivity contribution >= 4 is 17.2 Å². The molecule has 0 N–H and O–H groups in total. The third-order valence-corrected chi connectivity index (χ3v) is 5.93. The second-order valence-corrected chi connectivity index (χ2v) is 9.66. The molecule has 134 valence electrons. The lowest BCUT2D eigenvalue weighted by Crippen LogP contribution is -2.21. The molecule has 1 aliphatic rings. The second-order valence-electron chi connectivity index (χ2n) is 7.72. The highest BCUT2D eigenvalue weighted by molar-refractivity contribution is 7.85. The average Bonchev–Trinajstić information content (AvgIpc) is 2.57. The van der Waals surface area contributed by atoms with E-state index in [1.54, 1.807) is 0 Å². The van der Waals surface area contributed by atoms with E-state index < -0.39 is 11.0 Å². The van der Waals surface area contributed by atoms with Crippen molar-refractivity contribution < 1.29 is 8.95 Å². The van der Waals surface area contributed by atoms with Crippen molar-refractivity contribution in [2.45, 2.75) is 64.2 Å². The molecule has 4 heteroatoms.